The second-order valence-corrected chi connectivity index (χ2v) is 4.12. The van der Waals surface area contributed by atoms with E-state index in [9.17, 15) is 9.50 Å². The van der Waals surface area contributed by atoms with Gasteiger partial charge in [-0.25, -0.2) is 4.39 Å². The third-order valence-corrected chi connectivity index (χ3v) is 2.61. The molecule has 3 N–H and O–H groups in total. The number of rotatable bonds is 4. The van der Waals surface area contributed by atoms with Crippen molar-refractivity contribution in [1.29, 1.82) is 0 Å². The highest BCUT2D eigenvalue weighted by atomic mass is 19.1. The van der Waals surface area contributed by atoms with Gasteiger partial charge >= 0.3 is 0 Å². The number of aliphatic hydroxyl groups excluding tert-OH is 1. The van der Waals surface area contributed by atoms with Gasteiger partial charge in [-0.15, -0.1) is 0 Å². The molecule has 1 rings (SSSR count). The van der Waals surface area contributed by atoms with Gasteiger partial charge in [0.25, 0.3) is 0 Å². The second kappa shape index (κ2) is 5.27. The summed E-state index contributed by atoms with van der Waals surface area (Å²) in [5.74, 6) is -0.357. The molecule has 0 heterocycles. The standard InChI is InChI=1S/C12H18FNO2/c1-7(2)11(15)10(14)8-5-4-6-9(13)12(8)16-3/h4-7,10-11,15H,14H2,1-3H3/t10-,11+/m0/s1. The van der Waals surface area contributed by atoms with Gasteiger partial charge in [0, 0.05) is 5.56 Å². The Morgan fingerprint density at radius 2 is 2.00 bits per heavy atom. The summed E-state index contributed by atoms with van der Waals surface area (Å²) in [5, 5.41) is 9.86. The summed E-state index contributed by atoms with van der Waals surface area (Å²) < 4.78 is 18.4. The first-order valence-electron chi connectivity index (χ1n) is 5.25. The molecule has 4 heteroatoms. The SMILES string of the molecule is COc1c(F)cccc1[C@H](N)[C@H](O)C(C)C. The van der Waals surface area contributed by atoms with Crippen LogP contribution in [0.3, 0.4) is 0 Å². The third kappa shape index (κ3) is 2.51. The summed E-state index contributed by atoms with van der Waals surface area (Å²) in [4.78, 5) is 0. The smallest absolute Gasteiger partial charge is 0.165 e. The Labute approximate surface area is 95.0 Å². The maximum atomic E-state index is 13.4. The van der Waals surface area contributed by atoms with Crippen LogP contribution in [0.1, 0.15) is 25.5 Å². The first-order valence-corrected chi connectivity index (χ1v) is 5.25. The highest BCUT2D eigenvalue weighted by Crippen LogP contribution is 2.30. The zero-order valence-corrected chi connectivity index (χ0v) is 9.77. The monoisotopic (exact) mass is 227 g/mol. The lowest BCUT2D eigenvalue weighted by Gasteiger charge is -2.24. The van der Waals surface area contributed by atoms with Crippen molar-refractivity contribution in [1.82, 2.24) is 0 Å². The number of halogens is 1. The van der Waals surface area contributed by atoms with E-state index in [4.69, 9.17) is 10.5 Å². The van der Waals surface area contributed by atoms with Crippen molar-refractivity contribution in [2.24, 2.45) is 11.7 Å². The molecular formula is C12H18FNO2. The molecule has 0 bridgehead atoms. The molecule has 0 aliphatic rings. The van der Waals surface area contributed by atoms with Gasteiger partial charge in [0.05, 0.1) is 19.3 Å². The summed E-state index contributed by atoms with van der Waals surface area (Å²) in [6.45, 7) is 3.71. The quantitative estimate of drug-likeness (QED) is 0.825. The summed E-state index contributed by atoms with van der Waals surface area (Å²) in [6, 6.07) is 3.88. The van der Waals surface area contributed by atoms with Crippen molar-refractivity contribution >= 4 is 0 Å². The number of para-hydroxylation sites is 1. The molecule has 0 saturated carbocycles. The maximum Gasteiger partial charge on any atom is 0.165 e. The van der Waals surface area contributed by atoms with E-state index in [0.717, 1.165) is 0 Å². The van der Waals surface area contributed by atoms with E-state index in [2.05, 4.69) is 0 Å². The van der Waals surface area contributed by atoms with Crippen molar-refractivity contribution in [3.05, 3.63) is 29.6 Å². The van der Waals surface area contributed by atoms with Gasteiger partial charge in [0.1, 0.15) is 0 Å². The first kappa shape index (κ1) is 12.9. The predicted molar refractivity (Wildman–Crippen MR) is 60.7 cm³/mol. The van der Waals surface area contributed by atoms with E-state index in [-0.39, 0.29) is 11.7 Å². The van der Waals surface area contributed by atoms with Crippen LogP contribution in [0.25, 0.3) is 0 Å². The molecule has 2 atom stereocenters. The minimum absolute atomic E-state index is 0.00275. The highest BCUT2D eigenvalue weighted by molar-refractivity contribution is 5.37. The summed E-state index contributed by atoms with van der Waals surface area (Å²) in [6.07, 6.45) is -0.726. The highest BCUT2D eigenvalue weighted by Gasteiger charge is 2.24. The molecule has 0 spiro atoms. The summed E-state index contributed by atoms with van der Waals surface area (Å²) in [7, 11) is 1.39. The van der Waals surface area contributed by atoms with Crippen LogP contribution in [0, 0.1) is 11.7 Å². The number of aliphatic hydroxyl groups is 1. The summed E-state index contributed by atoms with van der Waals surface area (Å²) in [5.41, 5.74) is 6.38. The number of ether oxygens (including phenoxy) is 1. The molecule has 90 valence electrons. The van der Waals surface area contributed by atoms with Crippen molar-refractivity contribution in [2.45, 2.75) is 26.0 Å². The van der Waals surface area contributed by atoms with Crippen molar-refractivity contribution in [3.8, 4) is 5.75 Å². The Morgan fingerprint density at radius 3 is 2.50 bits per heavy atom. The van der Waals surface area contributed by atoms with Crippen LogP contribution in [0.15, 0.2) is 18.2 Å². The summed E-state index contributed by atoms with van der Waals surface area (Å²) >= 11 is 0. The van der Waals surface area contributed by atoms with Gasteiger partial charge in [0.15, 0.2) is 11.6 Å². The van der Waals surface area contributed by atoms with Gasteiger partial charge in [-0.05, 0) is 12.0 Å². The molecular weight excluding hydrogens is 209 g/mol. The van der Waals surface area contributed by atoms with E-state index in [1.807, 2.05) is 13.8 Å². The average Bonchev–Trinajstić information content (AvgIpc) is 2.26. The average molecular weight is 227 g/mol. The lowest BCUT2D eigenvalue weighted by atomic mass is 9.94. The van der Waals surface area contributed by atoms with Gasteiger partial charge in [-0.2, -0.15) is 0 Å². The maximum absolute atomic E-state index is 13.4. The topological polar surface area (TPSA) is 55.5 Å². The Kier molecular flexibility index (Phi) is 4.26. The molecule has 0 unspecified atom stereocenters. The van der Waals surface area contributed by atoms with E-state index in [1.54, 1.807) is 12.1 Å². The van der Waals surface area contributed by atoms with Crippen LogP contribution < -0.4 is 10.5 Å². The fourth-order valence-corrected chi connectivity index (χ4v) is 1.60. The third-order valence-electron chi connectivity index (χ3n) is 2.61. The minimum Gasteiger partial charge on any atom is -0.493 e. The van der Waals surface area contributed by atoms with Gasteiger partial charge in [0.2, 0.25) is 0 Å². The molecule has 0 amide bonds. The van der Waals surface area contributed by atoms with Crippen molar-refractivity contribution in [2.75, 3.05) is 7.11 Å². The number of hydrogen-bond donors (Lipinski definition) is 2. The van der Waals surface area contributed by atoms with Crippen LogP contribution in [-0.4, -0.2) is 18.3 Å². The minimum atomic E-state index is -0.726. The van der Waals surface area contributed by atoms with Crippen LogP contribution >= 0.6 is 0 Å². The molecule has 0 aliphatic carbocycles. The van der Waals surface area contributed by atoms with Gasteiger partial charge in [-0.1, -0.05) is 26.0 Å². The molecule has 0 radical (unpaired) electrons. The predicted octanol–water partition coefficient (Wildman–Crippen LogP) is 1.85. The molecule has 0 aromatic heterocycles. The fraction of sp³-hybridized carbons (Fsp3) is 0.500. The molecule has 0 fully saturated rings. The molecule has 0 saturated heterocycles. The number of hydrogen-bond acceptors (Lipinski definition) is 3. The fourth-order valence-electron chi connectivity index (χ4n) is 1.60. The normalized spacial score (nSPS) is 14.9. The van der Waals surface area contributed by atoms with E-state index in [1.165, 1.54) is 13.2 Å². The Morgan fingerprint density at radius 1 is 1.38 bits per heavy atom. The Hall–Kier alpha value is -1.13. The molecule has 3 nitrogen and oxygen atoms in total. The van der Waals surface area contributed by atoms with Gasteiger partial charge in [-0.3, -0.25) is 0 Å². The van der Waals surface area contributed by atoms with Gasteiger partial charge < -0.3 is 15.6 Å². The van der Waals surface area contributed by atoms with E-state index >= 15 is 0 Å². The molecule has 16 heavy (non-hydrogen) atoms. The lowest BCUT2D eigenvalue weighted by molar-refractivity contribution is 0.0967. The van der Waals surface area contributed by atoms with Crippen LogP contribution in [0.2, 0.25) is 0 Å². The number of nitrogens with two attached hydrogens (primary N) is 1. The van der Waals surface area contributed by atoms with Crippen LogP contribution in [0.4, 0.5) is 4.39 Å². The molecule has 1 aromatic carbocycles. The zero-order valence-electron chi connectivity index (χ0n) is 9.77. The van der Waals surface area contributed by atoms with E-state index < -0.39 is 18.0 Å². The van der Waals surface area contributed by atoms with Crippen LogP contribution in [0.5, 0.6) is 5.75 Å². The van der Waals surface area contributed by atoms with Crippen LogP contribution in [-0.2, 0) is 0 Å². The second-order valence-electron chi connectivity index (χ2n) is 4.12. The van der Waals surface area contributed by atoms with Crippen molar-refractivity contribution in [3.63, 3.8) is 0 Å². The molecule has 0 aliphatic heterocycles. The molecule has 1 aromatic rings. The van der Waals surface area contributed by atoms with E-state index in [0.29, 0.717) is 5.56 Å². The Bertz CT molecular complexity index is 355. The lowest BCUT2D eigenvalue weighted by Crippen LogP contribution is -2.30. The Balaban J connectivity index is 3.08. The largest absolute Gasteiger partial charge is 0.493 e. The zero-order chi connectivity index (χ0) is 12.3. The van der Waals surface area contributed by atoms with Crippen molar-refractivity contribution < 1.29 is 14.2 Å². The number of benzene rings is 1. The first-order chi connectivity index (χ1) is 7.49. The number of methoxy groups -OCH3 is 1.